The van der Waals surface area contributed by atoms with E-state index in [1.54, 1.807) is 39.4 Å². The summed E-state index contributed by atoms with van der Waals surface area (Å²) in [4.78, 5) is 0. The lowest BCUT2D eigenvalue weighted by Gasteiger charge is -2.24. The molecule has 0 aromatic heterocycles. The van der Waals surface area contributed by atoms with E-state index >= 15 is 0 Å². The molecule has 0 nitrogen and oxygen atoms in total. The summed E-state index contributed by atoms with van der Waals surface area (Å²) in [7, 11) is 1.55. The van der Waals surface area contributed by atoms with Gasteiger partial charge in [-0.05, 0) is 5.92 Å². The molecule has 0 aromatic rings. The van der Waals surface area contributed by atoms with Crippen LogP contribution < -0.4 is 0 Å². The van der Waals surface area contributed by atoms with Crippen molar-refractivity contribution in [2.24, 2.45) is 5.92 Å². The monoisotopic (exact) mass is 290 g/mol. The Bertz CT molecular complexity index is 200. The van der Waals surface area contributed by atoms with Crippen molar-refractivity contribution in [3.05, 3.63) is 0 Å². The molecule has 1 saturated carbocycles. The third-order valence-electron chi connectivity index (χ3n) is 6.17. The maximum atomic E-state index is 1.55. The van der Waals surface area contributed by atoms with Gasteiger partial charge >= 0.3 is 0 Å². The fourth-order valence-electron chi connectivity index (χ4n) is 4.71. The molecule has 3 rings (SSSR count). The van der Waals surface area contributed by atoms with Gasteiger partial charge < -0.3 is 0 Å². The van der Waals surface area contributed by atoms with Gasteiger partial charge in [0.15, 0.2) is 0 Å². The Morgan fingerprint density at radius 1 is 0.429 bits per heavy atom. The molecule has 1 heteroatoms. The number of fused-ring (bicyclic) bond motifs is 16. The lowest BCUT2D eigenvalue weighted by molar-refractivity contribution is 0.345. The second-order valence-corrected chi connectivity index (χ2v) is 8.06. The van der Waals surface area contributed by atoms with Crippen LogP contribution in [0.1, 0.15) is 109 Å². The third-order valence-corrected chi connectivity index (χ3v) is 6.17. The van der Waals surface area contributed by atoms with E-state index in [0.717, 1.165) is 11.7 Å². The summed E-state index contributed by atoms with van der Waals surface area (Å²) >= 11 is 0. The van der Waals surface area contributed by atoms with E-state index in [-0.39, 0.29) is 0 Å². The highest BCUT2D eigenvalue weighted by Crippen LogP contribution is 2.32. The minimum absolute atomic E-state index is 1.09. The second kappa shape index (κ2) is 11.6. The summed E-state index contributed by atoms with van der Waals surface area (Å²) in [5.41, 5.74) is 0. The van der Waals surface area contributed by atoms with Crippen LogP contribution in [-0.2, 0) is 0 Å². The Morgan fingerprint density at radius 3 is 1.52 bits per heavy atom. The molecule has 0 atom stereocenters. The smallest absolute Gasteiger partial charge is 0.0772 e. The Labute approximate surface area is 135 Å². The van der Waals surface area contributed by atoms with E-state index in [1.165, 1.54) is 83.4 Å². The Hall–Kier alpha value is 0.0649. The highest BCUT2D eigenvalue weighted by atomic mass is 14.2. The van der Waals surface area contributed by atoms with Crippen LogP contribution >= 0.6 is 0 Å². The molecule has 0 radical (unpaired) electrons. The first-order valence-electron chi connectivity index (χ1n) is 10.4. The summed E-state index contributed by atoms with van der Waals surface area (Å²) < 4.78 is 0. The van der Waals surface area contributed by atoms with Crippen molar-refractivity contribution < 1.29 is 0 Å². The molecule has 2 bridgehead atoms. The van der Waals surface area contributed by atoms with Crippen molar-refractivity contribution in [3.8, 4) is 0 Å². The molecule has 2 heterocycles. The summed E-state index contributed by atoms with van der Waals surface area (Å²) in [5.74, 6) is 2.18. The summed E-state index contributed by atoms with van der Waals surface area (Å²) in [5, 5.41) is 0. The van der Waals surface area contributed by atoms with Crippen LogP contribution in [0.5, 0.6) is 0 Å². The Balaban J connectivity index is 1.71. The molecule has 0 aromatic carbocycles. The van der Waals surface area contributed by atoms with Crippen LogP contribution in [0.25, 0.3) is 0 Å². The number of hydrogen-bond donors (Lipinski definition) is 0. The van der Waals surface area contributed by atoms with Gasteiger partial charge in [-0.3, -0.25) is 0 Å². The van der Waals surface area contributed by atoms with Crippen LogP contribution in [0.3, 0.4) is 0 Å². The van der Waals surface area contributed by atoms with Crippen LogP contribution in [-0.4, -0.2) is 7.28 Å². The molecule has 0 unspecified atom stereocenters. The highest BCUT2D eigenvalue weighted by Gasteiger charge is 2.17. The SMILES string of the molecule is B1CCCCCCCCCCCCC2CCCC1CCC2. The molecule has 1 aliphatic carbocycles. The normalized spacial score (nSPS) is 31.6. The standard InChI is InChI=1S/C20H39B/c1-2-4-6-8-10-18-21-20-16-11-14-19(15-12-17-20)13-9-7-5-3-1/h19-21H,1-18H2. The first-order chi connectivity index (χ1) is 10.4. The third kappa shape index (κ3) is 8.31. The summed E-state index contributed by atoms with van der Waals surface area (Å²) in [6.45, 7) is 0. The molecule has 0 spiro atoms. The van der Waals surface area contributed by atoms with Crippen molar-refractivity contribution in [2.45, 2.75) is 121 Å². The van der Waals surface area contributed by atoms with Gasteiger partial charge in [-0.25, -0.2) is 0 Å². The molecular formula is C20H39B. The van der Waals surface area contributed by atoms with Gasteiger partial charge in [0, 0.05) is 0 Å². The maximum absolute atomic E-state index is 1.55. The summed E-state index contributed by atoms with van der Waals surface area (Å²) in [6, 6.07) is 0. The minimum Gasteiger partial charge on any atom is -0.0772 e. The van der Waals surface area contributed by atoms with Crippen LogP contribution in [0, 0.1) is 5.92 Å². The molecule has 3 aliphatic rings. The predicted molar refractivity (Wildman–Crippen MR) is 97.7 cm³/mol. The zero-order chi connectivity index (χ0) is 14.6. The zero-order valence-electron chi connectivity index (χ0n) is 14.6. The van der Waals surface area contributed by atoms with Crippen molar-refractivity contribution >= 4 is 7.28 Å². The molecular weight excluding hydrogens is 251 g/mol. The molecule has 2 aliphatic heterocycles. The van der Waals surface area contributed by atoms with E-state index in [2.05, 4.69) is 0 Å². The Morgan fingerprint density at radius 2 is 0.905 bits per heavy atom. The topological polar surface area (TPSA) is 0 Å². The van der Waals surface area contributed by atoms with Gasteiger partial charge in [0.25, 0.3) is 0 Å². The van der Waals surface area contributed by atoms with Crippen LogP contribution in [0.4, 0.5) is 0 Å². The van der Waals surface area contributed by atoms with Gasteiger partial charge in [-0.1, -0.05) is 121 Å². The van der Waals surface area contributed by atoms with E-state index in [4.69, 9.17) is 0 Å². The average molecular weight is 290 g/mol. The highest BCUT2D eigenvalue weighted by molar-refractivity contribution is 6.37. The summed E-state index contributed by atoms with van der Waals surface area (Å²) in [6.07, 6.45) is 27.4. The van der Waals surface area contributed by atoms with Crippen molar-refractivity contribution in [2.75, 3.05) is 0 Å². The lowest BCUT2D eigenvalue weighted by Crippen LogP contribution is -2.11. The maximum Gasteiger partial charge on any atom is 0.124 e. The predicted octanol–water partition coefficient (Wildman–Crippen LogP) is 6.90. The molecule has 0 N–H and O–H groups in total. The van der Waals surface area contributed by atoms with Gasteiger partial charge in [0.05, 0.1) is 0 Å². The Kier molecular flexibility index (Phi) is 9.63. The van der Waals surface area contributed by atoms with Gasteiger partial charge in [0.1, 0.15) is 7.28 Å². The van der Waals surface area contributed by atoms with E-state index < -0.39 is 0 Å². The second-order valence-electron chi connectivity index (χ2n) is 8.06. The first kappa shape index (κ1) is 17.4. The fraction of sp³-hybridized carbons (Fsp3) is 1.00. The van der Waals surface area contributed by atoms with Crippen molar-refractivity contribution in [1.29, 1.82) is 0 Å². The van der Waals surface area contributed by atoms with Gasteiger partial charge in [-0.2, -0.15) is 0 Å². The van der Waals surface area contributed by atoms with Crippen LogP contribution in [0.15, 0.2) is 0 Å². The van der Waals surface area contributed by atoms with E-state index in [9.17, 15) is 0 Å². The quantitative estimate of drug-likeness (QED) is 0.425. The molecule has 0 amide bonds. The average Bonchev–Trinajstić information content (AvgIpc) is 2.46. The largest absolute Gasteiger partial charge is 0.124 e. The molecule has 21 heavy (non-hydrogen) atoms. The van der Waals surface area contributed by atoms with E-state index in [1.807, 2.05) is 0 Å². The minimum atomic E-state index is 1.09. The molecule has 122 valence electrons. The first-order valence-corrected chi connectivity index (χ1v) is 10.4. The lowest BCUT2D eigenvalue weighted by atomic mass is 9.57. The number of hydrogen-bond acceptors (Lipinski definition) is 0. The molecule has 2 saturated heterocycles. The fourth-order valence-corrected chi connectivity index (χ4v) is 4.71. The number of rotatable bonds is 0. The van der Waals surface area contributed by atoms with Crippen molar-refractivity contribution in [3.63, 3.8) is 0 Å². The van der Waals surface area contributed by atoms with E-state index in [0.29, 0.717) is 0 Å². The van der Waals surface area contributed by atoms with Gasteiger partial charge in [-0.15, -0.1) is 0 Å². The zero-order valence-corrected chi connectivity index (χ0v) is 14.6. The van der Waals surface area contributed by atoms with Crippen LogP contribution in [0.2, 0.25) is 12.1 Å². The van der Waals surface area contributed by atoms with Crippen molar-refractivity contribution in [1.82, 2.24) is 0 Å². The van der Waals surface area contributed by atoms with Gasteiger partial charge in [0.2, 0.25) is 0 Å². The molecule has 3 fully saturated rings.